The minimum Gasteiger partial charge on any atom is -0.369 e. The van der Waals surface area contributed by atoms with Crippen molar-refractivity contribution in [2.75, 3.05) is 42.9 Å². The smallest absolute Gasteiger partial charge is 0.238 e. The van der Waals surface area contributed by atoms with Gasteiger partial charge in [0.25, 0.3) is 0 Å². The molecule has 1 fully saturated rings. The molecule has 26 heavy (non-hydrogen) atoms. The molecular formula is C20H23ClFN3O. The normalized spacial score (nSPS) is 15.2. The summed E-state index contributed by atoms with van der Waals surface area (Å²) in [4.78, 5) is 16.7. The van der Waals surface area contributed by atoms with Crippen molar-refractivity contribution in [2.45, 2.75) is 13.8 Å². The fourth-order valence-corrected chi connectivity index (χ4v) is 3.38. The maximum Gasteiger partial charge on any atom is 0.238 e. The molecule has 0 aromatic heterocycles. The van der Waals surface area contributed by atoms with Gasteiger partial charge in [0.1, 0.15) is 5.82 Å². The third kappa shape index (κ3) is 4.34. The fraction of sp³-hybridized carbons (Fsp3) is 0.350. The van der Waals surface area contributed by atoms with Crippen molar-refractivity contribution in [3.63, 3.8) is 0 Å². The van der Waals surface area contributed by atoms with Gasteiger partial charge in [0.2, 0.25) is 5.91 Å². The van der Waals surface area contributed by atoms with Crippen molar-refractivity contribution in [3.05, 3.63) is 58.4 Å². The second kappa shape index (κ2) is 8.06. The number of nitrogens with zero attached hydrogens (tertiary/aromatic N) is 2. The largest absolute Gasteiger partial charge is 0.369 e. The first-order chi connectivity index (χ1) is 12.4. The van der Waals surface area contributed by atoms with Crippen LogP contribution in [0.15, 0.2) is 36.4 Å². The van der Waals surface area contributed by atoms with Gasteiger partial charge in [0.05, 0.1) is 12.2 Å². The van der Waals surface area contributed by atoms with E-state index in [1.54, 1.807) is 0 Å². The fourth-order valence-electron chi connectivity index (χ4n) is 3.21. The van der Waals surface area contributed by atoms with Gasteiger partial charge in [0.15, 0.2) is 0 Å². The molecule has 2 aromatic carbocycles. The molecule has 1 N–H and O–H groups in total. The van der Waals surface area contributed by atoms with Crippen LogP contribution in [-0.4, -0.2) is 43.5 Å². The molecule has 0 spiro atoms. The van der Waals surface area contributed by atoms with Crippen LogP contribution in [0, 0.1) is 19.7 Å². The van der Waals surface area contributed by atoms with Gasteiger partial charge in [0, 0.05) is 36.9 Å². The summed E-state index contributed by atoms with van der Waals surface area (Å²) in [5, 5.41) is 3.00. The van der Waals surface area contributed by atoms with E-state index in [-0.39, 0.29) is 18.1 Å². The average Bonchev–Trinajstić information content (AvgIpc) is 2.61. The Bertz CT molecular complexity index is 804. The quantitative estimate of drug-likeness (QED) is 0.881. The summed E-state index contributed by atoms with van der Waals surface area (Å²) in [6.07, 6.45) is 0. The SMILES string of the molecule is Cc1cccc(N2CCN(CC(=O)Nc3cc(Cl)ccc3F)CC2)c1C. The first-order valence-corrected chi connectivity index (χ1v) is 9.10. The number of hydrogen-bond acceptors (Lipinski definition) is 3. The Morgan fingerprint density at radius 2 is 1.88 bits per heavy atom. The second-order valence-corrected chi connectivity index (χ2v) is 7.09. The number of piperazine rings is 1. The summed E-state index contributed by atoms with van der Waals surface area (Å²) in [5.74, 6) is -0.714. The van der Waals surface area contributed by atoms with Crippen LogP contribution in [0.4, 0.5) is 15.8 Å². The molecule has 2 aromatic rings. The first kappa shape index (κ1) is 18.7. The number of anilines is 2. The monoisotopic (exact) mass is 375 g/mol. The van der Waals surface area contributed by atoms with Gasteiger partial charge in [-0.05, 0) is 49.2 Å². The van der Waals surface area contributed by atoms with E-state index in [9.17, 15) is 9.18 Å². The maximum atomic E-state index is 13.7. The van der Waals surface area contributed by atoms with E-state index in [2.05, 4.69) is 47.2 Å². The third-order valence-electron chi connectivity index (χ3n) is 4.86. The number of benzene rings is 2. The minimum atomic E-state index is -0.484. The van der Waals surface area contributed by atoms with E-state index >= 15 is 0 Å². The standard InChI is InChI=1S/C20H23ClFN3O/c1-14-4-3-5-19(15(14)2)25-10-8-24(9-11-25)13-20(26)23-18-12-16(21)6-7-17(18)22/h3-7,12H,8-11,13H2,1-2H3,(H,23,26). The third-order valence-corrected chi connectivity index (χ3v) is 5.09. The van der Waals surface area contributed by atoms with Crippen molar-refractivity contribution in [3.8, 4) is 0 Å². The average molecular weight is 376 g/mol. The Kier molecular flexibility index (Phi) is 5.79. The molecule has 0 radical (unpaired) electrons. The summed E-state index contributed by atoms with van der Waals surface area (Å²) >= 11 is 5.86. The Labute approximate surface area is 158 Å². The van der Waals surface area contributed by atoms with E-state index < -0.39 is 5.82 Å². The lowest BCUT2D eigenvalue weighted by atomic mass is 10.1. The van der Waals surface area contributed by atoms with Gasteiger partial charge in [-0.25, -0.2) is 4.39 Å². The highest BCUT2D eigenvalue weighted by atomic mass is 35.5. The highest BCUT2D eigenvalue weighted by Crippen LogP contribution is 2.24. The molecular weight excluding hydrogens is 353 g/mol. The van der Waals surface area contributed by atoms with Crippen molar-refractivity contribution < 1.29 is 9.18 Å². The lowest BCUT2D eigenvalue weighted by molar-refractivity contribution is -0.117. The summed E-state index contributed by atoms with van der Waals surface area (Å²) in [6, 6.07) is 10.5. The van der Waals surface area contributed by atoms with E-state index in [1.807, 2.05) is 0 Å². The van der Waals surface area contributed by atoms with Crippen LogP contribution in [0.1, 0.15) is 11.1 Å². The minimum absolute atomic E-state index is 0.122. The number of aryl methyl sites for hydroxylation is 1. The van der Waals surface area contributed by atoms with Gasteiger partial charge in [-0.2, -0.15) is 0 Å². The van der Waals surface area contributed by atoms with Crippen LogP contribution >= 0.6 is 11.6 Å². The number of amides is 1. The van der Waals surface area contributed by atoms with Gasteiger partial charge in [-0.3, -0.25) is 9.69 Å². The van der Waals surface area contributed by atoms with E-state index in [1.165, 1.54) is 35.0 Å². The molecule has 0 aliphatic carbocycles. The van der Waals surface area contributed by atoms with Crippen molar-refractivity contribution >= 4 is 28.9 Å². The van der Waals surface area contributed by atoms with Crippen molar-refractivity contribution in [1.29, 1.82) is 0 Å². The number of nitrogens with one attached hydrogen (secondary N) is 1. The van der Waals surface area contributed by atoms with Gasteiger partial charge in [-0.15, -0.1) is 0 Å². The molecule has 1 amide bonds. The zero-order chi connectivity index (χ0) is 18.7. The summed E-state index contributed by atoms with van der Waals surface area (Å²) < 4.78 is 13.7. The summed E-state index contributed by atoms with van der Waals surface area (Å²) in [6.45, 7) is 7.81. The van der Waals surface area contributed by atoms with Crippen LogP contribution in [0.2, 0.25) is 5.02 Å². The Morgan fingerprint density at radius 3 is 2.62 bits per heavy atom. The molecule has 1 saturated heterocycles. The Hall–Kier alpha value is -2.11. The first-order valence-electron chi connectivity index (χ1n) is 8.72. The van der Waals surface area contributed by atoms with Gasteiger partial charge >= 0.3 is 0 Å². The van der Waals surface area contributed by atoms with Gasteiger partial charge < -0.3 is 10.2 Å². The number of rotatable bonds is 4. The number of carbonyl (C=O) groups excluding carboxylic acids is 1. The lowest BCUT2D eigenvalue weighted by Crippen LogP contribution is -2.48. The molecule has 138 valence electrons. The van der Waals surface area contributed by atoms with Crippen LogP contribution in [0.3, 0.4) is 0 Å². The van der Waals surface area contributed by atoms with E-state index in [0.29, 0.717) is 5.02 Å². The molecule has 6 heteroatoms. The molecule has 0 atom stereocenters. The van der Waals surface area contributed by atoms with Crippen LogP contribution in [-0.2, 0) is 4.79 Å². The lowest BCUT2D eigenvalue weighted by Gasteiger charge is -2.36. The zero-order valence-corrected chi connectivity index (χ0v) is 15.8. The van der Waals surface area contributed by atoms with Crippen LogP contribution < -0.4 is 10.2 Å². The topological polar surface area (TPSA) is 35.6 Å². The van der Waals surface area contributed by atoms with Crippen molar-refractivity contribution in [1.82, 2.24) is 4.90 Å². The number of halogens is 2. The van der Waals surface area contributed by atoms with Crippen LogP contribution in [0.5, 0.6) is 0 Å². The van der Waals surface area contributed by atoms with Crippen LogP contribution in [0.25, 0.3) is 0 Å². The molecule has 1 aliphatic rings. The Balaban J connectivity index is 1.54. The predicted octanol–water partition coefficient (Wildman–Crippen LogP) is 3.86. The van der Waals surface area contributed by atoms with Gasteiger partial charge in [-0.1, -0.05) is 23.7 Å². The molecule has 0 unspecified atom stereocenters. The number of hydrogen-bond donors (Lipinski definition) is 1. The van der Waals surface area contributed by atoms with Crippen molar-refractivity contribution in [2.24, 2.45) is 0 Å². The second-order valence-electron chi connectivity index (χ2n) is 6.65. The zero-order valence-electron chi connectivity index (χ0n) is 15.1. The van der Waals surface area contributed by atoms with E-state index in [4.69, 9.17) is 11.6 Å². The number of carbonyl (C=O) groups is 1. The molecule has 1 aliphatic heterocycles. The molecule has 0 bridgehead atoms. The molecule has 3 rings (SSSR count). The highest BCUT2D eigenvalue weighted by molar-refractivity contribution is 6.30. The van der Waals surface area contributed by atoms with E-state index in [0.717, 1.165) is 26.2 Å². The predicted molar refractivity (Wildman–Crippen MR) is 105 cm³/mol. The Morgan fingerprint density at radius 1 is 1.15 bits per heavy atom. The summed E-state index contributed by atoms with van der Waals surface area (Å²) in [5.41, 5.74) is 3.97. The highest BCUT2D eigenvalue weighted by Gasteiger charge is 2.21. The molecule has 0 saturated carbocycles. The molecule has 4 nitrogen and oxygen atoms in total. The molecule has 1 heterocycles. The summed E-state index contributed by atoms with van der Waals surface area (Å²) in [7, 11) is 0. The maximum absolute atomic E-state index is 13.7.